The summed E-state index contributed by atoms with van der Waals surface area (Å²) in [6, 6.07) is 2.43. The first-order valence-corrected chi connectivity index (χ1v) is 9.27. The maximum absolute atomic E-state index is 11.9. The zero-order valence-corrected chi connectivity index (χ0v) is 14.8. The molecule has 4 heterocycles. The topological polar surface area (TPSA) is 59.2 Å². The molecule has 1 saturated heterocycles. The van der Waals surface area contributed by atoms with Crippen molar-refractivity contribution in [3.63, 3.8) is 0 Å². The molecule has 7 heteroatoms. The molecule has 0 saturated carbocycles. The van der Waals surface area contributed by atoms with Crippen LogP contribution in [0.2, 0.25) is 0 Å². The molecular formula is C18H26N6O. The number of likely N-dealkylation sites (tertiary alicyclic amines) is 1. The maximum atomic E-state index is 11.9. The second-order valence-corrected chi connectivity index (χ2v) is 7.07. The molecule has 0 unspecified atom stereocenters. The number of hydrogen-bond acceptors (Lipinski definition) is 4. The van der Waals surface area contributed by atoms with E-state index in [-0.39, 0.29) is 0 Å². The van der Waals surface area contributed by atoms with E-state index in [1.54, 1.807) is 0 Å². The van der Waals surface area contributed by atoms with Crippen molar-refractivity contribution < 1.29 is 4.79 Å². The Bertz CT molecular complexity index is 736. The predicted molar refractivity (Wildman–Crippen MR) is 93.7 cm³/mol. The van der Waals surface area contributed by atoms with Crippen molar-refractivity contribution >= 4 is 5.91 Å². The molecule has 0 bridgehead atoms. The number of carbonyl (C=O) groups is 1. The van der Waals surface area contributed by atoms with Gasteiger partial charge in [0.25, 0.3) is 0 Å². The fraction of sp³-hybridized carbons (Fsp3) is 0.611. The van der Waals surface area contributed by atoms with Crippen molar-refractivity contribution in [2.45, 2.75) is 51.9 Å². The summed E-state index contributed by atoms with van der Waals surface area (Å²) in [6.07, 6.45) is 8.67. The standard InChI is InChI=1S/C18H26N6O/c1-2-23-12-15(10-20-23)11-21-13-16-5-7-19-24(16)17(14-21)6-9-22-8-3-4-18(22)25/h5,7,10,12,17H,2-4,6,8-9,11,13-14H2,1H3/t17-/m0/s1. The lowest BCUT2D eigenvalue weighted by molar-refractivity contribution is -0.127. The van der Waals surface area contributed by atoms with Gasteiger partial charge in [-0.05, 0) is 25.8 Å². The van der Waals surface area contributed by atoms with Crippen LogP contribution < -0.4 is 0 Å². The highest BCUT2D eigenvalue weighted by atomic mass is 16.2. The van der Waals surface area contributed by atoms with Crippen LogP contribution in [0.25, 0.3) is 0 Å². The lowest BCUT2D eigenvalue weighted by atomic mass is 10.1. The molecule has 0 aliphatic carbocycles. The minimum Gasteiger partial charge on any atom is -0.343 e. The zero-order valence-electron chi connectivity index (χ0n) is 14.8. The molecule has 4 rings (SSSR count). The number of fused-ring (bicyclic) bond motifs is 1. The molecule has 1 atom stereocenters. The zero-order chi connectivity index (χ0) is 17.2. The number of rotatable bonds is 6. The average molecular weight is 342 g/mol. The number of aromatic nitrogens is 4. The predicted octanol–water partition coefficient (Wildman–Crippen LogP) is 1.67. The van der Waals surface area contributed by atoms with Crippen LogP contribution in [0.4, 0.5) is 0 Å². The lowest BCUT2D eigenvalue weighted by Crippen LogP contribution is -2.39. The van der Waals surface area contributed by atoms with Gasteiger partial charge < -0.3 is 4.90 Å². The van der Waals surface area contributed by atoms with Gasteiger partial charge in [0.05, 0.1) is 17.9 Å². The van der Waals surface area contributed by atoms with Crippen LogP contribution in [-0.4, -0.2) is 54.9 Å². The van der Waals surface area contributed by atoms with Gasteiger partial charge in [0.15, 0.2) is 0 Å². The van der Waals surface area contributed by atoms with Gasteiger partial charge in [-0.1, -0.05) is 0 Å². The Morgan fingerprint density at radius 1 is 1.32 bits per heavy atom. The van der Waals surface area contributed by atoms with E-state index in [0.29, 0.717) is 18.4 Å². The summed E-state index contributed by atoms with van der Waals surface area (Å²) >= 11 is 0. The quantitative estimate of drug-likeness (QED) is 0.801. The Kier molecular flexibility index (Phi) is 4.57. The molecular weight excluding hydrogens is 316 g/mol. The summed E-state index contributed by atoms with van der Waals surface area (Å²) in [6.45, 7) is 7.54. The monoisotopic (exact) mass is 342 g/mol. The van der Waals surface area contributed by atoms with E-state index in [9.17, 15) is 4.79 Å². The first kappa shape index (κ1) is 16.3. The van der Waals surface area contributed by atoms with E-state index >= 15 is 0 Å². The summed E-state index contributed by atoms with van der Waals surface area (Å²) in [7, 11) is 0. The van der Waals surface area contributed by atoms with E-state index < -0.39 is 0 Å². The van der Waals surface area contributed by atoms with Crippen LogP contribution in [0, 0.1) is 0 Å². The third kappa shape index (κ3) is 3.46. The normalized spacial score (nSPS) is 21.1. The number of carbonyl (C=O) groups excluding carboxylic acids is 1. The van der Waals surface area contributed by atoms with E-state index in [4.69, 9.17) is 0 Å². The third-order valence-electron chi connectivity index (χ3n) is 5.27. The molecule has 7 nitrogen and oxygen atoms in total. The molecule has 2 aromatic rings. The summed E-state index contributed by atoms with van der Waals surface area (Å²) in [5.74, 6) is 0.306. The largest absolute Gasteiger partial charge is 0.343 e. The third-order valence-corrected chi connectivity index (χ3v) is 5.27. The number of hydrogen-bond donors (Lipinski definition) is 0. The number of aryl methyl sites for hydroxylation is 1. The average Bonchev–Trinajstić information content (AvgIpc) is 3.33. The summed E-state index contributed by atoms with van der Waals surface area (Å²) in [4.78, 5) is 16.3. The van der Waals surface area contributed by atoms with Gasteiger partial charge in [-0.3, -0.25) is 19.1 Å². The molecule has 0 N–H and O–H groups in total. The fourth-order valence-corrected chi connectivity index (χ4v) is 3.96. The van der Waals surface area contributed by atoms with E-state index in [2.05, 4.69) is 39.0 Å². The Morgan fingerprint density at radius 3 is 3.00 bits per heavy atom. The molecule has 1 fully saturated rings. The van der Waals surface area contributed by atoms with Crippen LogP contribution in [0.1, 0.15) is 43.5 Å². The molecule has 0 radical (unpaired) electrons. The Balaban J connectivity index is 1.42. The first-order valence-electron chi connectivity index (χ1n) is 9.27. The van der Waals surface area contributed by atoms with Crippen molar-refractivity contribution in [1.82, 2.24) is 29.4 Å². The van der Waals surface area contributed by atoms with Gasteiger partial charge in [-0.15, -0.1) is 0 Å². The lowest BCUT2D eigenvalue weighted by Gasteiger charge is -2.34. The van der Waals surface area contributed by atoms with Crippen LogP contribution >= 0.6 is 0 Å². The fourth-order valence-electron chi connectivity index (χ4n) is 3.96. The molecule has 1 amide bonds. The SMILES string of the molecule is CCn1cc(CN2Cc3ccnn3[C@@H](CCN3CCCC3=O)C2)cn1. The van der Waals surface area contributed by atoms with Crippen molar-refractivity contribution in [2.24, 2.45) is 0 Å². The number of nitrogens with zero attached hydrogens (tertiary/aromatic N) is 6. The second kappa shape index (κ2) is 7.00. The Labute approximate surface area is 148 Å². The Morgan fingerprint density at radius 2 is 2.24 bits per heavy atom. The van der Waals surface area contributed by atoms with Crippen LogP contribution in [0.3, 0.4) is 0 Å². The van der Waals surface area contributed by atoms with Crippen LogP contribution in [-0.2, 0) is 24.4 Å². The van der Waals surface area contributed by atoms with E-state index in [1.165, 1.54) is 11.3 Å². The second-order valence-electron chi connectivity index (χ2n) is 7.07. The Hall–Kier alpha value is -2.15. The van der Waals surface area contributed by atoms with Crippen LogP contribution in [0.5, 0.6) is 0 Å². The van der Waals surface area contributed by atoms with Crippen molar-refractivity contribution in [3.05, 3.63) is 35.9 Å². The molecule has 2 aromatic heterocycles. The molecule has 2 aliphatic heterocycles. The van der Waals surface area contributed by atoms with Gasteiger partial charge in [-0.2, -0.15) is 10.2 Å². The van der Waals surface area contributed by atoms with E-state index in [1.807, 2.05) is 22.0 Å². The minimum absolute atomic E-state index is 0.306. The molecule has 2 aliphatic rings. The highest BCUT2D eigenvalue weighted by Gasteiger charge is 2.27. The summed E-state index contributed by atoms with van der Waals surface area (Å²) in [5, 5.41) is 8.91. The van der Waals surface area contributed by atoms with Gasteiger partial charge >= 0.3 is 0 Å². The highest BCUT2D eigenvalue weighted by Crippen LogP contribution is 2.25. The minimum atomic E-state index is 0.306. The molecule has 25 heavy (non-hydrogen) atoms. The highest BCUT2D eigenvalue weighted by molar-refractivity contribution is 5.77. The summed E-state index contributed by atoms with van der Waals surface area (Å²) in [5.41, 5.74) is 2.51. The summed E-state index contributed by atoms with van der Waals surface area (Å²) < 4.78 is 4.13. The molecule has 0 spiro atoms. The smallest absolute Gasteiger partial charge is 0.222 e. The molecule has 0 aromatic carbocycles. The van der Waals surface area contributed by atoms with Gasteiger partial charge in [0.2, 0.25) is 5.91 Å². The van der Waals surface area contributed by atoms with Gasteiger partial charge in [-0.25, -0.2) is 0 Å². The first-order chi connectivity index (χ1) is 12.2. The van der Waals surface area contributed by atoms with Crippen molar-refractivity contribution in [1.29, 1.82) is 0 Å². The number of amides is 1. The molecule has 134 valence electrons. The van der Waals surface area contributed by atoms with Crippen molar-refractivity contribution in [3.8, 4) is 0 Å². The van der Waals surface area contributed by atoms with Gasteiger partial charge in [0.1, 0.15) is 0 Å². The maximum Gasteiger partial charge on any atom is 0.222 e. The van der Waals surface area contributed by atoms with Crippen LogP contribution in [0.15, 0.2) is 24.7 Å². The van der Waals surface area contributed by atoms with Crippen molar-refractivity contribution in [2.75, 3.05) is 19.6 Å². The van der Waals surface area contributed by atoms with E-state index in [0.717, 1.165) is 52.1 Å². The van der Waals surface area contributed by atoms with Gasteiger partial charge in [0, 0.05) is 63.6 Å².